The largest absolute Gasteiger partial charge is 0.333 e. The number of hydrogen-bond acceptors (Lipinski definition) is 5. The van der Waals surface area contributed by atoms with Crippen LogP contribution in [0.4, 0.5) is 4.39 Å². The number of fused-ring (bicyclic) bond motifs is 3. The molecule has 3 saturated heterocycles. The minimum atomic E-state index is -0.839. The normalized spacial score (nSPS) is 23.9. The summed E-state index contributed by atoms with van der Waals surface area (Å²) in [6, 6.07) is 22.9. The van der Waals surface area contributed by atoms with E-state index in [0.29, 0.717) is 18.7 Å². The van der Waals surface area contributed by atoms with Crippen LogP contribution in [0.1, 0.15) is 62.7 Å². The number of carbonyl (C=O) groups excluding carboxylic acids is 4. The van der Waals surface area contributed by atoms with Gasteiger partial charge in [-0.3, -0.25) is 29.4 Å². The van der Waals surface area contributed by atoms with Crippen molar-refractivity contribution in [3.05, 3.63) is 106 Å². The van der Waals surface area contributed by atoms with Crippen LogP contribution in [0.25, 0.3) is 0 Å². The van der Waals surface area contributed by atoms with Gasteiger partial charge in [0.25, 0.3) is 11.8 Å². The highest BCUT2D eigenvalue weighted by Crippen LogP contribution is 2.41. The van der Waals surface area contributed by atoms with Crippen LogP contribution in [0.2, 0.25) is 0 Å². The van der Waals surface area contributed by atoms with Crippen molar-refractivity contribution in [3.8, 4) is 0 Å². The Morgan fingerprint density at radius 1 is 0.902 bits per heavy atom. The summed E-state index contributed by atoms with van der Waals surface area (Å²) in [5.41, 5.74) is 2.90. The number of nitrogens with zero attached hydrogens (tertiary/aromatic N) is 3. The molecule has 4 amide bonds. The predicted octanol–water partition coefficient (Wildman–Crippen LogP) is 3.28. The van der Waals surface area contributed by atoms with Crippen LogP contribution in [0.15, 0.2) is 72.8 Å². The van der Waals surface area contributed by atoms with Gasteiger partial charge in [0.05, 0.1) is 11.6 Å². The van der Waals surface area contributed by atoms with Crippen molar-refractivity contribution in [2.24, 2.45) is 0 Å². The van der Waals surface area contributed by atoms with Crippen LogP contribution < -0.4 is 5.32 Å². The summed E-state index contributed by atoms with van der Waals surface area (Å²) < 4.78 is 15.3. The van der Waals surface area contributed by atoms with Crippen molar-refractivity contribution < 1.29 is 23.6 Å². The van der Waals surface area contributed by atoms with E-state index < -0.39 is 23.7 Å². The first kappa shape index (κ1) is 25.6. The lowest BCUT2D eigenvalue weighted by molar-refractivity contribution is -0.136. The van der Waals surface area contributed by atoms with E-state index in [1.807, 2.05) is 41.3 Å². The van der Waals surface area contributed by atoms with E-state index in [1.54, 1.807) is 6.07 Å². The third-order valence-corrected chi connectivity index (χ3v) is 8.93. The molecule has 2 bridgehead atoms. The Morgan fingerprint density at radius 3 is 2.20 bits per heavy atom. The fraction of sp³-hybridized carbons (Fsp3) is 0.312. The summed E-state index contributed by atoms with van der Waals surface area (Å²) in [5, 5.41) is 2.25. The molecule has 0 spiro atoms. The maximum atomic E-state index is 15.3. The third kappa shape index (κ3) is 4.32. The van der Waals surface area contributed by atoms with E-state index in [4.69, 9.17) is 0 Å². The van der Waals surface area contributed by atoms with Crippen molar-refractivity contribution in [1.29, 1.82) is 0 Å². The first-order chi connectivity index (χ1) is 19.9. The molecular formula is C32H29FN4O4. The van der Waals surface area contributed by atoms with Gasteiger partial charge in [0.1, 0.15) is 11.9 Å². The van der Waals surface area contributed by atoms with Crippen molar-refractivity contribution >= 4 is 23.6 Å². The van der Waals surface area contributed by atoms with E-state index in [0.717, 1.165) is 12.5 Å². The van der Waals surface area contributed by atoms with Gasteiger partial charge in [-0.05, 0) is 41.7 Å². The second-order valence-corrected chi connectivity index (χ2v) is 11.3. The number of imide groups is 1. The lowest BCUT2D eigenvalue weighted by Gasteiger charge is -2.39. The summed E-state index contributed by atoms with van der Waals surface area (Å²) in [5.74, 6) is -2.53. The number of rotatable bonds is 5. The third-order valence-electron chi connectivity index (χ3n) is 8.93. The molecule has 3 aromatic rings. The zero-order valence-electron chi connectivity index (χ0n) is 22.3. The molecule has 0 saturated carbocycles. The summed E-state index contributed by atoms with van der Waals surface area (Å²) >= 11 is 0. The Bertz CT molecular complexity index is 1520. The number of piperazine rings is 1. The van der Waals surface area contributed by atoms with E-state index in [-0.39, 0.29) is 60.5 Å². The Balaban J connectivity index is 1.10. The van der Waals surface area contributed by atoms with Gasteiger partial charge >= 0.3 is 0 Å². The van der Waals surface area contributed by atoms with Gasteiger partial charge < -0.3 is 9.80 Å². The summed E-state index contributed by atoms with van der Waals surface area (Å²) in [4.78, 5) is 56.3. The minimum Gasteiger partial charge on any atom is -0.333 e. The van der Waals surface area contributed by atoms with E-state index in [9.17, 15) is 19.2 Å². The van der Waals surface area contributed by atoms with Crippen LogP contribution in [0.3, 0.4) is 0 Å². The Kier molecular flexibility index (Phi) is 6.19. The van der Waals surface area contributed by atoms with Crippen molar-refractivity contribution in [2.75, 3.05) is 13.1 Å². The van der Waals surface area contributed by atoms with Gasteiger partial charge in [-0.1, -0.05) is 60.7 Å². The SMILES string of the molecule is O=C1CCC(N2Cc3cc(C(=O)N4C[C@H]5C[C@@H]4CN5C(c4ccccc4)c4ccccc4)cc(F)c3C2=O)C(=O)N1. The molecule has 3 fully saturated rings. The molecule has 0 radical (unpaired) electrons. The molecule has 9 heteroatoms. The number of benzene rings is 3. The monoisotopic (exact) mass is 552 g/mol. The number of piperidine rings is 1. The molecule has 208 valence electrons. The summed E-state index contributed by atoms with van der Waals surface area (Å²) in [7, 11) is 0. The second-order valence-electron chi connectivity index (χ2n) is 11.3. The number of likely N-dealkylation sites (tertiary alicyclic amines) is 2. The van der Waals surface area contributed by atoms with Gasteiger partial charge in [-0.15, -0.1) is 0 Å². The fourth-order valence-electron chi connectivity index (χ4n) is 7.06. The highest BCUT2D eigenvalue weighted by molar-refractivity contribution is 6.06. The average Bonchev–Trinajstić information content (AvgIpc) is 3.67. The number of hydrogen-bond donors (Lipinski definition) is 1. The number of amides is 4. The van der Waals surface area contributed by atoms with Gasteiger partial charge in [0.2, 0.25) is 11.8 Å². The summed E-state index contributed by atoms with van der Waals surface area (Å²) in [6.45, 7) is 1.27. The number of nitrogens with one attached hydrogen (secondary N) is 1. The number of halogens is 1. The first-order valence-corrected chi connectivity index (χ1v) is 14.0. The topological polar surface area (TPSA) is 90.0 Å². The molecule has 1 N–H and O–H groups in total. The van der Waals surface area contributed by atoms with Crippen LogP contribution in [0, 0.1) is 5.82 Å². The lowest BCUT2D eigenvalue weighted by atomic mass is 9.96. The maximum Gasteiger partial charge on any atom is 0.258 e. The van der Waals surface area contributed by atoms with E-state index in [2.05, 4.69) is 34.5 Å². The second kappa shape index (κ2) is 9.92. The standard InChI is InChI=1S/C32H29FN4O4/c33-25-14-21(13-22-16-37(32(41)28(22)25)26-11-12-27(38)34-30(26)39)31(40)36-18-23-15-24(36)17-35(23)29(19-7-3-1-4-8-19)20-9-5-2-6-10-20/h1-10,13-14,23-24,26,29H,11-12,15-18H2,(H,34,38,39)/t23-,24-,26?/m1/s1. The van der Waals surface area contributed by atoms with Crippen molar-refractivity contribution in [3.63, 3.8) is 0 Å². The predicted molar refractivity (Wildman–Crippen MR) is 147 cm³/mol. The van der Waals surface area contributed by atoms with E-state index in [1.165, 1.54) is 16.0 Å². The maximum absolute atomic E-state index is 15.3. The molecule has 8 nitrogen and oxygen atoms in total. The van der Waals surface area contributed by atoms with Crippen LogP contribution in [0.5, 0.6) is 0 Å². The molecule has 4 aliphatic rings. The van der Waals surface area contributed by atoms with E-state index >= 15 is 4.39 Å². The first-order valence-electron chi connectivity index (χ1n) is 14.0. The smallest absolute Gasteiger partial charge is 0.258 e. The number of carbonyl (C=O) groups is 4. The Hall–Kier alpha value is -4.37. The summed E-state index contributed by atoms with van der Waals surface area (Å²) in [6.07, 6.45) is 1.15. The molecular weight excluding hydrogens is 523 g/mol. The van der Waals surface area contributed by atoms with Gasteiger partial charge in [0.15, 0.2) is 0 Å². The molecule has 3 aromatic carbocycles. The Labute approximate surface area is 236 Å². The zero-order chi connectivity index (χ0) is 28.2. The lowest BCUT2D eigenvalue weighted by Crippen LogP contribution is -2.52. The molecule has 0 aromatic heterocycles. The minimum absolute atomic E-state index is 0.000317. The van der Waals surface area contributed by atoms with Crippen LogP contribution >= 0.6 is 0 Å². The molecule has 3 atom stereocenters. The highest BCUT2D eigenvalue weighted by atomic mass is 19.1. The van der Waals surface area contributed by atoms with Crippen LogP contribution in [-0.2, 0) is 16.1 Å². The van der Waals surface area contributed by atoms with Gasteiger partial charge in [-0.25, -0.2) is 4.39 Å². The molecule has 0 aliphatic carbocycles. The molecule has 7 rings (SSSR count). The van der Waals surface area contributed by atoms with Crippen molar-refractivity contribution in [1.82, 2.24) is 20.0 Å². The average molecular weight is 553 g/mol. The molecule has 41 heavy (non-hydrogen) atoms. The molecule has 4 heterocycles. The fourth-order valence-corrected chi connectivity index (χ4v) is 7.06. The quantitative estimate of drug-likeness (QED) is 0.491. The van der Waals surface area contributed by atoms with Crippen molar-refractivity contribution in [2.45, 2.75) is 50.0 Å². The van der Waals surface area contributed by atoms with Gasteiger partial charge in [-0.2, -0.15) is 0 Å². The Morgan fingerprint density at radius 2 is 1.59 bits per heavy atom. The van der Waals surface area contributed by atoms with Crippen LogP contribution in [-0.4, -0.2) is 69.5 Å². The zero-order valence-corrected chi connectivity index (χ0v) is 22.3. The molecule has 4 aliphatic heterocycles. The molecule has 1 unspecified atom stereocenters. The van der Waals surface area contributed by atoms with Gasteiger partial charge in [0, 0.05) is 43.7 Å². The highest BCUT2D eigenvalue weighted by Gasteiger charge is 2.48.